The van der Waals surface area contributed by atoms with Gasteiger partial charge in [0.25, 0.3) is 5.91 Å². The standard InChI is InChI=1S/C17H21Cl2N5O/c1-11-21-16(17(25)23-8-4-5-12(10-23)9-20-2)22-24(11)15-13(18)6-3-7-14(15)19/h3,6-7,12,20H,4-5,8-10H2,1-2H3. The van der Waals surface area contributed by atoms with Crippen molar-refractivity contribution in [3.63, 3.8) is 0 Å². The maximum Gasteiger partial charge on any atom is 0.293 e. The summed E-state index contributed by atoms with van der Waals surface area (Å²) in [7, 11) is 1.93. The van der Waals surface area contributed by atoms with Gasteiger partial charge in [-0.3, -0.25) is 4.79 Å². The topological polar surface area (TPSA) is 63.1 Å². The Morgan fingerprint density at radius 2 is 2.08 bits per heavy atom. The molecule has 0 bridgehead atoms. The first-order chi connectivity index (χ1) is 12.0. The number of hydrogen-bond donors (Lipinski definition) is 1. The van der Waals surface area contributed by atoms with Crippen LogP contribution in [-0.2, 0) is 0 Å². The molecule has 25 heavy (non-hydrogen) atoms. The SMILES string of the molecule is CNCC1CCCN(C(=O)c2nc(C)n(-c3c(Cl)cccc3Cl)n2)C1. The van der Waals surface area contributed by atoms with Crippen LogP contribution in [-0.4, -0.2) is 52.3 Å². The van der Waals surface area contributed by atoms with E-state index in [1.54, 1.807) is 25.1 Å². The summed E-state index contributed by atoms with van der Waals surface area (Å²) >= 11 is 12.5. The van der Waals surface area contributed by atoms with E-state index in [-0.39, 0.29) is 11.7 Å². The van der Waals surface area contributed by atoms with Crippen LogP contribution >= 0.6 is 23.2 Å². The molecule has 8 heteroatoms. The molecule has 1 atom stereocenters. The van der Waals surface area contributed by atoms with Gasteiger partial charge in [0, 0.05) is 13.1 Å². The minimum atomic E-state index is -0.147. The lowest BCUT2D eigenvalue weighted by molar-refractivity contribution is 0.0662. The predicted molar refractivity (Wildman–Crippen MR) is 98.7 cm³/mol. The highest BCUT2D eigenvalue weighted by molar-refractivity contribution is 6.37. The van der Waals surface area contributed by atoms with E-state index in [1.165, 1.54) is 4.68 Å². The fourth-order valence-corrected chi connectivity index (χ4v) is 3.79. The van der Waals surface area contributed by atoms with Gasteiger partial charge >= 0.3 is 0 Å². The molecule has 1 amide bonds. The molecule has 1 aromatic heterocycles. The van der Waals surface area contributed by atoms with Gasteiger partial charge in [0.1, 0.15) is 11.5 Å². The molecule has 1 aromatic carbocycles. The minimum absolute atomic E-state index is 0.147. The van der Waals surface area contributed by atoms with Gasteiger partial charge in [0.15, 0.2) is 0 Å². The molecule has 0 spiro atoms. The van der Waals surface area contributed by atoms with Crippen molar-refractivity contribution < 1.29 is 4.79 Å². The monoisotopic (exact) mass is 381 g/mol. The highest BCUT2D eigenvalue weighted by atomic mass is 35.5. The molecule has 134 valence electrons. The van der Waals surface area contributed by atoms with E-state index in [2.05, 4.69) is 15.4 Å². The second-order valence-corrected chi connectivity index (χ2v) is 7.10. The van der Waals surface area contributed by atoms with E-state index in [9.17, 15) is 4.79 Å². The number of nitrogens with zero attached hydrogens (tertiary/aromatic N) is 4. The molecule has 0 radical (unpaired) electrons. The number of benzene rings is 1. The highest BCUT2D eigenvalue weighted by Crippen LogP contribution is 2.28. The molecule has 2 heterocycles. The molecular weight excluding hydrogens is 361 g/mol. The van der Waals surface area contributed by atoms with Crippen molar-refractivity contribution in [1.82, 2.24) is 25.0 Å². The Morgan fingerprint density at radius 3 is 2.76 bits per heavy atom. The van der Waals surface area contributed by atoms with Crippen molar-refractivity contribution >= 4 is 29.1 Å². The Bertz CT molecular complexity index is 754. The number of hydrogen-bond acceptors (Lipinski definition) is 4. The zero-order valence-electron chi connectivity index (χ0n) is 14.3. The Hall–Kier alpha value is -1.63. The van der Waals surface area contributed by atoms with Crippen molar-refractivity contribution in [3.8, 4) is 5.69 Å². The molecule has 1 N–H and O–H groups in total. The zero-order chi connectivity index (χ0) is 18.0. The number of rotatable bonds is 4. The van der Waals surface area contributed by atoms with E-state index in [0.717, 1.165) is 32.5 Å². The molecule has 0 aliphatic carbocycles. The molecule has 6 nitrogen and oxygen atoms in total. The maximum absolute atomic E-state index is 12.8. The largest absolute Gasteiger partial charge is 0.336 e. The number of carbonyl (C=O) groups is 1. The second kappa shape index (κ2) is 7.72. The van der Waals surface area contributed by atoms with Crippen LogP contribution in [0.25, 0.3) is 5.69 Å². The molecule has 1 aliphatic rings. The minimum Gasteiger partial charge on any atom is -0.336 e. The molecule has 0 saturated carbocycles. The Labute approximate surface area is 157 Å². The first-order valence-electron chi connectivity index (χ1n) is 8.33. The zero-order valence-corrected chi connectivity index (χ0v) is 15.8. The van der Waals surface area contributed by atoms with Gasteiger partial charge in [-0.15, -0.1) is 5.10 Å². The van der Waals surface area contributed by atoms with Crippen molar-refractivity contribution in [2.75, 3.05) is 26.7 Å². The van der Waals surface area contributed by atoms with E-state index in [1.807, 2.05) is 11.9 Å². The van der Waals surface area contributed by atoms with Crippen molar-refractivity contribution in [2.24, 2.45) is 5.92 Å². The Kier molecular flexibility index (Phi) is 5.61. The van der Waals surface area contributed by atoms with Gasteiger partial charge in [-0.1, -0.05) is 29.3 Å². The number of halogens is 2. The van der Waals surface area contributed by atoms with Gasteiger partial charge < -0.3 is 10.2 Å². The summed E-state index contributed by atoms with van der Waals surface area (Å²) in [6.45, 7) is 4.14. The van der Waals surface area contributed by atoms with Crippen LogP contribution in [0.15, 0.2) is 18.2 Å². The lowest BCUT2D eigenvalue weighted by atomic mass is 9.98. The Morgan fingerprint density at radius 1 is 1.36 bits per heavy atom. The molecule has 2 aromatic rings. The van der Waals surface area contributed by atoms with Gasteiger partial charge in [0.2, 0.25) is 5.82 Å². The second-order valence-electron chi connectivity index (χ2n) is 6.28. The van der Waals surface area contributed by atoms with Crippen LogP contribution in [0.2, 0.25) is 10.0 Å². The number of likely N-dealkylation sites (tertiary alicyclic amines) is 1. The number of amides is 1. The molecule has 1 unspecified atom stereocenters. The van der Waals surface area contributed by atoms with Crippen LogP contribution in [0, 0.1) is 12.8 Å². The number of piperidine rings is 1. The summed E-state index contributed by atoms with van der Waals surface area (Å²) in [6.07, 6.45) is 2.12. The van der Waals surface area contributed by atoms with Gasteiger partial charge in [-0.2, -0.15) is 0 Å². The van der Waals surface area contributed by atoms with Crippen LogP contribution < -0.4 is 5.32 Å². The van der Waals surface area contributed by atoms with Crippen molar-refractivity contribution in [1.29, 1.82) is 0 Å². The van der Waals surface area contributed by atoms with E-state index in [4.69, 9.17) is 23.2 Å². The van der Waals surface area contributed by atoms with Gasteiger partial charge in [0.05, 0.1) is 10.0 Å². The van der Waals surface area contributed by atoms with Crippen molar-refractivity contribution in [2.45, 2.75) is 19.8 Å². The number of aromatic nitrogens is 3. The Balaban J connectivity index is 1.86. The lowest BCUT2D eigenvalue weighted by Crippen LogP contribution is -2.42. The van der Waals surface area contributed by atoms with Gasteiger partial charge in [-0.25, -0.2) is 9.67 Å². The fraction of sp³-hybridized carbons (Fsp3) is 0.471. The lowest BCUT2D eigenvalue weighted by Gasteiger charge is -2.31. The van der Waals surface area contributed by atoms with E-state index in [0.29, 0.717) is 27.5 Å². The summed E-state index contributed by atoms with van der Waals surface area (Å²) < 4.78 is 1.53. The molecule has 1 fully saturated rings. The molecule has 1 saturated heterocycles. The van der Waals surface area contributed by atoms with Gasteiger partial charge in [-0.05, 0) is 51.4 Å². The number of aryl methyl sites for hydroxylation is 1. The average molecular weight is 382 g/mol. The normalized spacial score (nSPS) is 17.8. The van der Waals surface area contributed by atoms with Crippen LogP contribution in [0.4, 0.5) is 0 Å². The third-order valence-electron chi connectivity index (χ3n) is 4.41. The summed E-state index contributed by atoms with van der Waals surface area (Å²) in [5.41, 5.74) is 0.543. The third kappa shape index (κ3) is 3.81. The highest BCUT2D eigenvalue weighted by Gasteiger charge is 2.27. The summed E-state index contributed by atoms with van der Waals surface area (Å²) in [5, 5.41) is 8.49. The molecule has 3 rings (SSSR count). The quantitative estimate of drug-likeness (QED) is 0.883. The number of nitrogens with one attached hydrogen (secondary N) is 1. The van der Waals surface area contributed by atoms with Crippen LogP contribution in [0.3, 0.4) is 0 Å². The fourth-order valence-electron chi connectivity index (χ4n) is 3.23. The molecular formula is C17H21Cl2N5O. The third-order valence-corrected chi connectivity index (χ3v) is 5.02. The summed E-state index contributed by atoms with van der Waals surface area (Å²) in [4.78, 5) is 19.0. The average Bonchev–Trinajstić information content (AvgIpc) is 2.96. The maximum atomic E-state index is 12.8. The van der Waals surface area contributed by atoms with E-state index >= 15 is 0 Å². The van der Waals surface area contributed by atoms with Crippen LogP contribution in [0.5, 0.6) is 0 Å². The predicted octanol–water partition coefficient (Wildman–Crippen LogP) is 2.95. The summed E-state index contributed by atoms with van der Waals surface area (Å²) in [5.74, 6) is 1.07. The number of carbonyl (C=O) groups excluding carboxylic acids is 1. The van der Waals surface area contributed by atoms with Crippen molar-refractivity contribution in [3.05, 3.63) is 39.9 Å². The first kappa shape index (κ1) is 18.2. The summed E-state index contributed by atoms with van der Waals surface area (Å²) in [6, 6.07) is 5.23. The smallest absolute Gasteiger partial charge is 0.293 e. The number of para-hydroxylation sites is 1. The first-order valence-corrected chi connectivity index (χ1v) is 9.08. The van der Waals surface area contributed by atoms with Crippen LogP contribution in [0.1, 0.15) is 29.3 Å². The molecule has 1 aliphatic heterocycles. The van der Waals surface area contributed by atoms with E-state index < -0.39 is 0 Å².